The molecular weight excluding hydrogens is 458 g/mol. The zero-order valence-electron chi connectivity index (χ0n) is 18.4. The Bertz CT molecular complexity index is 1470. The summed E-state index contributed by atoms with van der Waals surface area (Å²) in [5, 5.41) is 4.37. The van der Waals surface area contributed by atoms with Crippen molar-refractivity contribution in [3.05, 3.63) is 86.7 Å². The Morgan fingerprint density at radius 1 is 1.00 bits per heavy atom. The molecule has 10 heteroatoms. The van der Waals surface area contributed by atoms with Crippen molar-refractivity contribution in [3.8, 4) is 5.69 Å². The van der Waals surface area contributed by atoms with Gasteiger partial charge in [0.25, 0.3) is 5.56 Å². The Kier molecular flexibility index (Phi) is 5.70. The molecule has 1 unspecified atom stereocenters. The van der Waals surface area contributed by atoms with Crippen LogP contribution in [0.5, 0.6) is 0 Å². The zero-order chi connectivity index (χ0) is 23.8. The summed E-state index contributed by atoms with van der Waals surface area (Å²) in [5.41, 5.74) is 1.81. The third kappa shape index (κ3) is 3.77. The monoisotopic (exact) mass is 479 g/mol. The summed E-state index contributed by atoms with van der Waals surface area (Å²) >= 11 is 6.43. The van der Waals surface area contributed by atoms with Crippen LogP contribution in [0.15, 0.2) is 74.8 Å². The molecule has 174 valence electrons. The minimum Gasteiger partial charge on any atom is -0.408 e. The van der Waals surface area contributed by atoms with Gasteiger partial charge >= 0.3 is 5.76 Å². The van der Waals surface area contributed by atoms with E-state index in [4.69, 9.17) is 16.0 Å². The van der Waals surface area contributed by atoms with E-state index in [0.717, 1.165) is 0 Å². The molecule has 2 aromatic carbocycles. The molecule has 4 aromatic rings. The van der Waals surface area contributed by atoms with Crippen molar-refractivity contribution in [1.82, 2.24) is 19.2 Å². The lowest BCUT2D eigenvalue weighted by atomic mass is 10.2. The Labute approximate surface area is 199 Å². The van der Waals surface area contributed by atoms with E-state index in [1.54, 1.807) is 54.4 Å². The number of aromatic nitrogens is 3. The van der Waals surface area contributed by atoms with Crippen LogP contribution < -0.4 is 16.2 Å². The molecular formula is C24H22ClN5O4. The molecule has 9 nitrogen and oxygen atoms in total. The molecule has 0 radical (unpaired) electrons. The van der Waals surface area contributed by atoms with Gasteiger partial charge in [-0.3, -0.25) is 14.2 Å². The third-order valence-corrected chi connectivity index (χ3v) is 6.45. The fourth-order valence-electron chi connectivity index (χ4n) is 4.29. The van der Waals surface area contributed by atoms with Crippen molar-refractivity contribution in [2.45, 2.75) is 13.0 Å². The molecule has 34 heavy (non-hydrogen) atoms. The number of carbonyl (C=O) groups is 1. The number of nitrogens with zero attached hydrogens (tertiary/aromatic N) is 5. The number of halogens is 1. The highest BCUT2D eigenvalue weighted by molar-refractivity contribution is 6.33. The SMILES string of the molecule is CC(C(=O)N1CCN(c2cnn(-c3ccccc3)c(=O)c2Cl)CC1)n1c(=O)oc2ccccc21. The third-order valence-electron chi connectivity index (χ3n) is 6.10. The second kappa shape index (κ2) is 8.83. The summed E-state index contributed by atoms with van der Waals surface area (Å²) < 4.78 is 7.92. The lowest BCUT2D eigenvalue weighted by Gasteiger charge is -2.37. The van der Waals surface area contributed by atoms with Crippen LogP contribution in [0.2, 0.25) is 5.02 Å². The normalized spacial score (nSPS) is 15.0. The summed E-state index contributed by atoms with van der Waals surface area (Å²) in [7, 11) is 0. The van der Waals surface area contributed by atoms with Gasteiger partial charge in [-0.25, -0.2) is 4.79 Å². The minimum atomic E-state index is -0.706. The molecule has 1 aliphatic rings. The number of oxazole rings is 1. The molecule has 1 aliphatic heterocycles. The first kappa shape index (κ1) is 22.0. The smallest absolute Gasteiger partial charge is 0.408 e. The van der Waals surface area contributed by atoms with E-state index in [2.05, 4.69) is 5.10 Å². The number of hydrogen-bond acceptors (Lipinski definition) is 6. The van der Waals surface area contributed by atoms with Gasteiger partial charge in [-0.1, -0.05) is 41.9 Å². The number of para-hydroxylation sites is 3. The van der Waals surface area contributed by atoms with Gasteiger partial charge in [0.1, 0.15) is 11.1 Å². The van der Waals surface area contributed by atoms with Crippen LogP contribution in [0.25, 0.3) is 16.8 Å². The molecule has 5 rings (SSSR count). The summed E-state index contributed by atoms with van der Waals surface area (Å²) in [6.45, 7) is 3.51. The number of benzene rings is 2. The van der Waals surface area contributed by atoms with Gasteiger partial charge in [-0.15, -0.1) is 0 Å². The molecule has 0 saturated carbocycles. The van der Waals surface area contributed by atoms with Gasteiger partial charge < -0.3 is 14.2 Å². The van der Waals surface area contributed by atoms with Crippen LogP contribution in [0, 0.1) is 0 Å². The van der Waals surface area contributed by atoms with Crippen LogP contribution in [-0.4, -0.2) is 51.3 Å². The van der Waals surface area contributed by atoms with Crippen molar-refractivity contribution >= 4 is 34.3 Å². The number of anilines is 1. The Balaban J connectivity index is 1.31. The lowest BCUT2D eigenvalue weighted by Crippen LogP contribution is -2.51. The fraction of sp³-hybridized carbons (Fsp3) is 0.250. The first-order valence-electron chi connectivity index (χ1n) is 10.9. The van der Waals surface area contributed by atoms with Gasteiger partial charge in [-0.05, 0) is 31.2 Å². The van der Waals surface area contributed by atoms with Crippen LogP contribution >= 0.6 is 11.6 Å². The van der Waals surface area contributed by atoms with E-state index >= 15 is 0 Å². The molecule has 1 atom stereocenters. The van der Waals surface area contributed by atoms with E-state index in [9.17, 15) is 14.4 Å². The number of rotatable bonds is 4. The number of amides is 1. The van der Waals surface area contributed by atoms with Crippen LogP contribution in [-0.2, 0) is 4.79 Å². The van der Waals surface area contributed by atoms with E-state index in [-0.39, 0.29) is 10.9 Å². The number of piperazine rings is 1. The van der Waals surface area contributed by atoms with Crippen molar-refractivity contribution in [2.24, 2.45) is 0 Å². The maximum atomic E-state index is 13.2. The first-order chi connectivity index (χ1) is 16.5. The molecule has 0 bridgehead atoms. The second-order valence-electron chi connectivity index (χ2n) is 8.09. The predicted molar refractivity (Wildman–Crippen MR) is 129 cm³/mol. The van der Waals surface area contributed by atoms with E-state index in [0.29, 0.717) is 48.7 Å². The standard InChI is InChI=1S/C24H22ClN5O4/c1-16(29-18-9-5-6-10-20(18)34-24(29)33)22(31)28-13-11-27(12-14-28)19-15-26-30(23(32)21(19)25)17-7-3-2-4-8-17/h2-10,15-16H,11-14H2,1H3. The van der Waals surface area contributed by atoms with Gasteiger partial charge in [0.2, 0.25) is 5.91 Å². The van der Waals surface area contributed by atoms with Gasteiger partial charge in [-0.2, -0.15) is 9.78 Å². The summed E-state index contributed by atoms with van der Waals surface area (Å²) in [6, 6.07) is 15.4. The number of fused-ring (bicyclic) bond motifs is 1. The largest absolute Gasteiger partial charge is 0.420 e. The van der Waals surface area contributed by atoms with Gasteiger partial charge in [0, 0.05) is 26.2 Å². The lowest BCUT2D eigenvalue weighted by molar-refractivity contribution is -0.134. The molecule has 2 aromatic heterocycles. The maximum Gasteiger partial charge on any atom is 0.420 e. The highest BCUT2D eigenvalue weighted by Crippen LogP contribution is 2.24. The zero-order valence-corrected chi connectivity index (χ0v) is 19.2. The highest BCUT2D eigenvalue weighted by atomic mass is 35.5. The molecule has 1 amide bonds. The Hall–Kier alpha value is -3.85. The Morgan fingerprint density at radius 3 is 2.41 bits per heavy atom. The topological polar surface area (TPSA) is 93.6 Å². The van der Waals surface area contributed by atoms with Crippen LogP contribution in [0.3, 0.4) is 0 Å². The molecule has 0 spiro atoms. The maximum absolute atomic E-state index is 13.2. The molecule has 0 aliphatic carbocycles. The van der Waals surface area contributed by atoms with Crippen LogP contribution in [0.4, 0.5) is 5.69 Å². The predicted octanol–water partition coefficient (Wildman–Crippen LogP) is 2.70. The number of carbonyl (C=O) groups excluding carboxylic acids is 1. The quantitative estimate of drug-likeness (QED) is 0.447. The molecule has 3 heterocycles. The van der Waals surface area contributed by atoms with Crippen molar-refractivity contribution in [1.29, 1.82) is 0 Å². The first-order valence-corrected chi connectivity index (χ1v) is 11.3. The minimum absolute atomic E-state index is 0.0865. The van der Waals surface area contributed by atoms with Crippen molar-refractivity contribution in [3.63, 3.8) is 0 Å². The van der Waals surface area contributed by atoms with E-state index in [1.165, 1.54) is 9.25 Å². The van der Waals surface area contributed by atoms with Crippen LogP contribution in [0.1, 0.15) is 13.0 Å². The van der Waals surface area contributed by atoms with E-state index in [1.807, 2.05) is 23.1 Å². The summed E-state index contributed by atoms with van der Waals surface area (Å²) in [6.07, 6.45) is 1.58. The fourth-order valence-corrected chi connectivity index (χ4v) is 4.54. The van der Waals surface area contributed by atoms with Crippen molar-refractivity contribution in [2.75, 3.05) is 31.1 Å². The summed E-state index contributed by atoms with van der Waals surface area (Å²) in [5.74, 6) is -0.727. The van der Waals surface area contributed by atoms with Gasteiger partial charge in [0.05, 0.1) is 23.1 Å². The second-order valence-corrected chi connectivity index (χ2v) is 8.47. The average Bonchev–Trinajstić information content (AvgIpc) is 3.21. The summed E-state index contributed by atoms with van der Waals surface area (Å²) in [4.78, 5) is 42.0. The van der Waals surface area contributed by atoms with E-state index < -0.39 is 17.4 Å². The molecule has 1 fully saturated rings. The molecule has 1 saturated heterocycles. The van der Waals surface area contributed by atoms with Gasteiger partial charge in [0.15, 0.2) is 5.58 Å². The number of hydrogen-bond donors (Lipinski definition) is 0. The highest BCUT2D eigenvalue weighted by Gasteiger charge is 2.29. The Morgan fingerprint density at radius 2 is 1.68 bits per heavy atom. The molecule has 0 N–H and O–H groups in total. The van der Waals surface area contributed by atoms with Crippen molar-refractivity contribution < 1.29 is 9.21 Å². The average molecular weight is 480 g/mol.